The molecule has 0 amide bonds. The van der Waals surface area contributed by atoms with Crippen LogP contribution in [0.5, 0.6) is 5.75 Å². The van der Waals surface area contributed by atoms with Crippen molar-refractivity contribution in [1.29, 1.82) is 0 Å². The van der Waals surface area contributed by atoms with Gasteiger partial charge in [0.1, 0.15) is 0 Å². The van der Waals surface area contributed by atoms with Gasteiger partial charge in [0.25, 0.3) is 0 Å². The number of rotatable bonds is 6. The SMILES string of the molecule is COc1ccc(CN(C)Cc2csc(-c3ccco3)n2)cc1F. The molecule has 0 atom stereocenters. The Bertz CT molecular complexity index is 771. The lowest BCUT2D eigenvalue weighted by Crippen LogP contribution is -2.17. The number of furan rings is 1. The molecule has 4 nitrogen and oxygen atoms in total. The molecule has 0 unspecified atom stereocenters. The molecular weight excluding hydrogens is 315 g/mol. The normalized spacial score (nSPS) is 11.1. The standard InChI is InChI=1S/C17H17FN2O2S/c1-20(9-12-5-6-15(21-2)14(18)8-12)10-13-11-23-17(19-13)16-4-3-7-22-16/h3-8,11H,9-10H2,1-2H3. The molecule has 0 aliphatic carbocycles. The van der Waals surface area contributed by atoms with Crippen molar-refractivity contribution in [1.82, 2.24) is 9.88 Å². The quantitative estimate of drug-likeness (QED) is 0.679. The third-order valence-electron chi connectivity index (χ3n) is 3.38. The summed E-state index contributed by atoms with van der Waals surface area (Å²) in [5.74, 6) is 0.701. The first-order valence-electron chi connectivity index (χ1n) is 7.15. The van der Waals surface area contributed by atoms with Gasteiger partial charge in [0.15, 0.2) is 22.3 Å². The lowest BCUT2D eigenvalue weighted by Gasteiger charge is -2.15. The minimum absolute atomic E-state index is 0.263. The van der Waals surface area contributed by atoms with Crippen LogP contribution in [0.1, 0.15) is 11.3 Å². The van der Waals surface area contributed by atoms with Crippen LogP contribution in [0.15, 0.2) is 46.4 Å². The molecule has 23 heavy (non-hydrogen) atoms. The fraction of sp³-hybridized carbons (Fsp3) is 0.235. The first-order chi connectivity index (χ1) is 11.2. The molecule has 0 saturated carbocycles. The van der Waals surface area contributed by atoms with E-state index in [2.05, 4.69) is 9.88 Å². The smallest absolute Gasteiger partial charge is 0.165 e. The van der Waals surface area contributed by atoms with E-state index in [0.717, 1.165) is 22.0 Å². The van der Waals surface area contributed by atoms with Gasteiger partial charge in [0, 0.05) is 18.5 Å². The fourth-order valence-electron chi connectivity index (χ4n) is 2.35. The van der Waals surface area contributed by atoms with Crippen molar-refractivity contribution in [2.45, 2.75) is 13.1 Å². The van der Waals surface area contributed by atoms with Crippen LogP contribution in [-0.4, -0.2) is 24.0 Å². The van der Waals surface area contributed by atoms with E-state index in [1.165, 1.54) is 13.2 Å². The van der Waals surface area contributed by atoms with E-state index in [0.29, 0.717) is 13.1 Å². The summed E-state index contributed by atoms with van der Waals surface area (Å²) in [7, 11) is 3.44. The molecule has 0 spiro atoms. The largest absolute Gasteiger partial charge is 0.494 e. The maximum Gasteiger partial charge on any atom is 0.165 e. The molecule has 1 aromatic carbocycles. The van der Waals surface area contributed by atoms with E-state index in [-0.39, 0.29) is 11.6 Å². The fourth-order valence-corrected chi connectivity index (χ4v) is 3.12. The van der Waals surface area contributed by atoms with E-state index in [1.807, 2.05) is 30.6 Å². The summed E-state index contributed by atoms with van der Waals surface area (Å²) in [6, 6.07) is 8.77. The second kappa shape index (κ2) is 6.93. The van der Waals surface area contributed by atoms with Gasteiger partial charge in [-0.15, -0.1) is 11.3 Å². The molecule has 0 bridgehead atoms. The Morgan fingerprint density at radius 1 is 1.30 bits per heavy atom. The second-order valence-corrected chi connectivity index (χ2v) is 6.12. The van der Waals surface area contributed by atoms with Gasteiger partial charge in [-0.25, -0.2) is 9.37 Å². The molecule has 2 heterocycles. The Morgan fingerprint density at radius 3 is 2.87 bits per heavy atom. The minimum atomic E-state index is -0.341. The van der Waals surface area contributed by atoms with Crippen LogP contribution < -0.4 is 4.74 Å². The van der Waals surface area contributed by atoms with Gasteiger partial charge in [-0.05, 0) is 36.9 Å². The van der Waals surface area contributed by atoms with Crippen LogP contribution in [-0.2, 0) is 13.1 Å². The van der Waals surface area contributed by atoms with Crippen molar-refractivity contribution in [3.63, 3.8) is 0 Å². The lowest BCUT2D eigenvalue weighted by molar-refractivity contribution is 0.314. The molecule has 0 saturated heterocycles. The summed E-state index contributed by atoms with van der Waals surface area (Å²) >= 11 is 1.55. The summed E-state index contributed by atoms with van der Waals surface area (Å²) in [4.78, 5) is 6.65. The lowest BCUT2D eigenvalue weighted by atomic mass is 10.2. The van der Waals surface area contributed by atoms with Crippen LogP contribution in [0.4, 0.5) is 4.39 Å². The monoisotopic (exact) mass is 332 g/mol. The van der Waals surface area contributed by atoms with Crippen molar-refractivity contribution in [2.24, 2.45) is 0 Å². The van der Waals surface area contributed by atoms with Gasteiger partial charge in [0.2, 0.25) is 0 Å². The molecule has 0 aliphatic rings. The molecule has 0 aliphatic heterocycles. The van der Waals surface area contributed by atoms with Crippen LogP contribution >= 0.6 is 11.3 Å². The third-order valence-corrected chi connectivity index (χ3v) is 4.29. The number of thiazole rings is 1. The van der Waals surface area contributed by atoms with Crippen molar-refractivity contribution in [3.05, 3.63) is 59.0 Å². The summed E-state index contributed by atoms with van der Waals surface area (Å²) in [6.45, 7) is 1.32. The Balaban J connectivity index is 1.63. The van der Waals surface area contributed by atoms with Crippen molar-refractivity contribution in [3.8, 4) is 16.5 Å². The Morgan fingerprint density at radius 2 is 2.17 bits per heavy atom. The maximum atomic E-state index is 13.7. The molecular formula is C17H17FN2O2S. The first kappa shape index (κ1) is 15.7. The van der Waals surface area contributed by atoms with Gasteiger partial charge in [-0.2, -0.15) is 0 Å². The Hall–Kier alpha value is -2.18. The van der Waals surface area contributed by atoms with Gasteiger partial charge in [0.05, 0.1) is 19.1 Å². The summed E-state index contributed by atoms with van der Waals surface area (Å²) in [6.07, 6.45) is 1.64. The highest BCUT2D eigenvalue weighted by Gasteiger charge is 2.10. The predicted molar refractivity (Wildman–Crippen MR) is 87.9 cm³/mol. The average molecular weight is 332 g/mol. The Kier molecular flexibility index (Phi) is 4.73. The molecule has 6 heteroatoms. The van der Waals surface area contributed by atoms with E-state index >= 15 is 0 Å². The number of hydrogen-bond donors (Lipinski definition) is 0. The first-order valence-corrected chi connectivity index (χ1v) is 8.03. The zero-order valence-corrected chi connectivity index (χ0v) is 13.8. The van der Waals surface area contributed by atoms with Crippen molar-refractivity contribution >= 4 is 11.3 Å². The molecule has 120 valence electrons. The van der Waals surface area contributed by atoms with Gasteiger partial charge in [-0.1, -0.05) is 6.07 Å². The number of methoxy groups -OCH3 is 1. The third kappa shape index (κ3) is 3.78. The van der Waals surface area contributed by atoms with E-state index in [9.17, 15) is 4.39 Å². The summed E-state index contributed by atoms with van der Waals surface area (Å²) < 4.78 is 24.0. The molecule has 3 aromatic rings. The average Bonchev–Trinajstić information content (AvgIpc) is 3.18. The summed E-state index contributed by atoms with van der Waals surface area (Å²) in [5, 5.41) is 2.89. The van der Waals surface area contributed by atoms with Gasteiger partial charge in [-0.3, -0.25) is 4.90 Å². The number of nitrogens with zero attached hydrogens (tertiary/aromatic N) is 2. The highest BCUT2D eigenvalue weighted by molar-refractivity contribution is 7.13. The zero-order valence-electron chi connectivity index (χ0n) is 13.0. The van der Waals surface area contributed by atoms with E-state index in [1.54, 1.807) is 23.7 Å². The van der Waals surface area contributed by atoms with Crippen LogP contribution in [0, 0.1) is 5.82 Å². The number of aromatic nitrogens is 1. The van der Waals surface area contributed by atoms with Crippen molar-refractivity contribution < 1.29 is 13.5 Å². The highest BCUT2D eigenvalue weighted by Crippen LogP contribution is 2.25. The molecule has 0 radical (unpaired) electrons. The van der Waals surface area contributed by atoms with Crippen LogP contribution in [0.25, 0.3) is 10.8 Å². The molecule has 0 N–H and O–H groups in total. The predicted octanol–water partition coefficient (Wildman–Crippen LogP) is 4.18. The van der Waals surface area contributed by atoms with E-state index < -0.39 is 0 Å². The zero-order chi connectivity index (χ0) is 16.2. The Labute approximate surface area is 138 Å². The highest BCUT2D eigenvalue weighted by atomic mass is 32.1. The number of benzene rings is 1. The topological polar surface area (TPSA) is 38.5 Å². The number of ether oxygens (including phenoxy) is 1. The number of halogens is 1. The van der Waals surface area contributed by atoms with Crippen molar-refractivity contribution in [2.75, 3.05) is 14.2 Å². The maximum absolute atomic E-state index is 13.7. The van der Waals surface area contributed by atoms with Crippen LogP contribution in [0.2, 0.25) is 0 Å². The number of hydrogen-bond acceptors (Lipinski definition) is 5. The van der Waals surface area contributed by atoms with Gasteiger partial charge >= 0.3 is 0 Å². The molecule has 2 aromatic heterocycles. The molecule has 3 rings (SSSR count). The summed E-state index contributed by atoms with van der Waals surface area (Å²) in [5.41, 5.74) is 1.87. The van der Waals surface area contributed by atoms with Crippen LogP contribution in [0.3, 0.4) is 0 Å². The van der Waals surface area contributed by atoms with E-state index in [4.69, 9.17) is 9.15 Å². The minimum Gasteiger partial charge on any atom is -0.494 e. The molecule has 0 fully saturated rings. The van der Waals surface area contributed by atoms with Gasteiger partial charge < -0.3 is 9.15 Å². The second-order valence-electron chi connectivity index (χ2n) is 5.26.